The highest BCUT2D eigenvalue weighted by Crippen LogP contribution is 2.36. The highest BCUT2D eigenvalue weighted by molar-refractivity contribution is 6.00. The van der Waals surface area contributed by atoms with Gasteiger partial charge >= 0.3 is 0 Å². The van der Waals surface area contributed by atoms with Gasteiger partial charge in [-0.3, -0.25) is 20.0 Å². The summed E-state index contributed by atoms with van der Waals surface area (Å²) >= 11 is 0. The number of aromatic amines is 2. The lowest BCUT2D eigenvalue weighted by Crippen LogP contribution is -2.25. The van der Waals surface area contributed by atoms with Crippen LogP contribution < -0.4 is 9.47 Å². The number of rotatable bonds is 10. The molecule has 47 heavy (non-hydrogen) atoms. The molecule has 7 aromatic rings. The van der Waals surface area contributed by atoms with E-state index in [1.807, 2.05) is 54.6 Å². The third kappa shape index (κ3) is 6.15. The smallest absolute Gasteiger partial charge is 0.181 e. The van der Waals surface area contributed by atoms with Gasteiger partial charge in [-0.1, -0.05) is 30.3 Å². The van der Waals surface area contributed by atoms with Crippen LogP contribution in [0.2, 0.25) is 0 Å². The van der Waals surface area contributed by atoms with Crippen LogP contribution in [0.25, 0.3) is 55.6 Å². The van der Waals surface area contributed by atoms with E-state index in [1.165, 1.54) is 25.0 Å². The predicted octanol–water partition coefficient (Wildman–Crippen LogP) is 7.42. The van der Waals surface area contributed by atoms with Crippen LogP contribution in [0.3, 0.4) is 0 Å². The number of likely N-dealkylation sites (tertiary alicyclic amines) is 1. The number of halogens is 1. The van der Waals surface area contributed by atoms with Gasteiger partial charge in [0.2, 0.25) is 0 Å². The molecule has 0 saturated carbocycles. The fourth-order valence-corrected chi connectivity index (χ4v) is 6.18. The zero-order valence-electron chi connectivity index (χ0n) is 25.6. The van der Waals surface area contributed by atoms with Gasteiger partial charge in [-0.25, -0.2) is 9.37 Å². The van der Waals surface area contributed by atoms with Crippen LogP contribution in [0.5, 0.6) is 11.5 Å². The number of pyridine rings is 3. The summed E-state index contributed by atoms with van der Waals surface area (Å²) in [6.07, 6.45) is 11.3. The van der Waals surface area contributed by atoms with E-state index in [1.54, 1.807) is 31.0 Å². The minimum Gasteiger partial charge on any atom is -0.492 e. The SMILES string of the molecule is Fc1cc(OCCN2CCCC2)cc(-c2cncc3[nH]c(-c4[nH]nc5ncc(-c6cncc(OCc7ccccc7)c6)cc45)cc23)c1. The Morgan fingerprint density at radius 3 is 2.49 bits per heavy atom. The molecule has 1 fully saturated rings. The van der Waals surface area contributed by atoms with Crippen molar-refractivity contribution in [3.63, 3.8) is 0 Å². The molecule has 0 amide bonds. The zero-order valence-corrected chi connectivity index (χ0v) is 25.6. The Bertz CT molecular complexity index is 2170. The Balaban J connectivity index is 1.08. The fraction of sp³-hybridized carbons (Fsp3) is 0.189. The van der Waals surface area contributed by atoms with Gasteiger partial charge in [-0.05, 0) is 67.4 Å². The summed E-state index contributed by atoms with van der Waals surface area (Å²) in [5.41, 5.74) is 7.35. The fourth-order valence-electron chi connectivity index (χ4n) is 6.18. The van der Waals surface area contributed by atoms with E-state index in [2.05, 4.69) is 35.0 Å². The largest absolute Gasteiger partial charge is 0.492 e. The van der Waals surface area contributed by atoms with Crippen molar-refractivity contribution < 1.29 is 13.9 Å². The van der Waals surface area contributed by atoms with Crippen molar-refractivity contribution >= 4 is 21.9 Å². The van der Waals surface area contributed by atoms with Crippen LogP contribution in [0.4, 0.5) is 4.39 Å². The van der Waals surface area contributed by atoms with Gasteiger partial charge in [0.1, 0.15) is 30.5 Å². The molecule has 2 aromatic carbocycles. The molecule has 0 bridgehead atoms. The highest BCUT2D eigenvalue weighted by atomic mass is 19.1. The standard InChI is InChI=1S/C37H32FN7O2/c38-28-12-25(13-29(16-28)46-11-10-45-8-4-5-9-45)33-21-40-22-35-31(33)17-34(42-35)36-32-15-27(19-41-37(32)44-43-36)26-14-30(20-39-18-26)47-23-24-6-2-1-3-7-24/h1-3,6-7,12-22,42H,4-5,8-11,23H2,(H,41,43,44). The molecule has 9 nitrogen and oxygen atoms in total. The van der Waals surface area contributed by atoms with Gasteiger partial charge < -0.3 is 14.5 Å². The lowest BCUT2D eigenvalue weighted by atomic mass is 10.0. The Morgan fingerprint density at radius 1 is 0.766 bits per heavy atom. The van der Waals surface area contributed by atoms with Gasteiger partial charge in [-0.15, -0.1) is 0 Å². The van der Waals surface area contributed by atoms with Crippen LogP contribution in [-0.2, 0) is 6.61 Å². The monoisotopic (exact) mass is 625 g/mol. The molecule has 2 N–H and O–H groups in total. The second-order valence-corrected chi connectivity index (χ2v) is 11.8. The van der Waals surface area contributed by atoms with Gasteiger partial charge in [0.25, 0.3) is 0 Å². The molecule has 0 spiro atoms. The quantitative estimate of drug-likeness (QED) is 0.163. The minimum absolute atomic E-state index is 0.353. The molecule has 0 atom stereocenters. The molecule has 1 aliphatic rings. The first-order valence-electron chi connectivity index (χ1n) is 15.8. The maximum absolute atomic E-state index is 14.8. The van der Waals surface area contributed by atoms with E-state index >= 15 is 0 Å². The van der Waals surface area contributed by atoms with Gasteiger partial charge in [0, 0.05) is 58.7 Å². The Labute approximate surface area is 270 Å². The van der Waals surface area contributed by atoms with Crippen LogP contribution in [0, 0.1) is 5.82 Å². The first kappa shape index (κ1) is 28.8. The number of ether oxygens (including phenoxy) is 2. The Kier molecular flexibility index (Phi) is 7.76. The number of hydrogen-bond donors (Lipinski definition) is 2. The number of nitrogens with zero attached hydrogens (tertiary/aromatic N) is 5. The summed E-state index contributed by atoms with van der Waals surface area (Å²) in [5.74, 6) is 0.829. The summed E-state index contributed by atoms with van der Waals surface area (Å²) in [4.78, 5) is 19.3. The van der Waals surface area contributed by atoms with Crippen molar-refractivity contribution in [1.29, 1.82) is 0 Å². The second kappa shape index (κ2) is 12.6. The summed E-state index contributed by atoms with van der Waals surface area (Å²) < 4.78 is 26.8. The first-order chi connectivity index (χ1) is 23.2. The van der Waals surface area contributed by atoms with E-state index in [0.29, 0.717) is 35.9 Å². The molecular formula is C37H32FN7O2. The normalized spacial score (nSPS) is 13.5. The van der Waals surface area contributed by atoms with Crippen LogP contribution >= 0.6 is 0 Å². The van der Waals surface area contributed by atoms with Gasteiger partial charge in [0.05, 0.1) is 29.3 Å². The zero-order chi connectivity index (χ0) is 31.6. The second-order valence-electron chi connectivity index (χ2n) is 11.8. The van der Waals surface area contributed by atoms with Crippen molar-refractivity contribution in [1.82, 2.24) is 35.0 Å². The number of aromatic nitrogens is 6. The Morgan fingerprint density at radius 2 is 1.60 bits per heavy atom. The molecule has 0 unspecified atom stereocenters. The van der Waals surface area contributed by atoms with Crippen LogP contribution in [0.1, 0.15) is 18.4 Å². The van der Waals surface area contributed by atoms with E-state index in [0.717, 1.165) is 69.6 Å². The van der Waals surface area contributed by atoms with Crippen molar-refractivity contribution in [2.45, 2.75) is 19.4 Å². The summed E-state index contributed by atoms with van der Waals surface area (Å²) in [6.45, 7) is 4.00. The minimum atomic E-state index is -0.353. The number of H-pyrrole nitrogens is 2. The van der Waals surface area contributed by atoms with Crippen molar-refractivity contribution in [2.75, 3.05) is 26.2 Å². The first-order valence-corrected chi connectivity index (χ1v) is 15.8. The average Bonchev–Trinajstić information content (AvgIpc) is 3.87. The molecule has 8 rings (SSSR count). The highest BCUT2D eigenvalue weighted by Gasteiger charge is 2.17. The molecule has 10 heteroatoms. The molecule has 5 aromatic heterocycles. The lowest BCUT2D eigenvalue weighted by molar-refractivity contribution is 0.237. The number of hydrogen-bond acceptors (Lipinski definition) is 7. The maximum Gasteiger partial charge on any atom is 0.181 e. The molecule has 1 aliphatic heterocycles. The number of fused-ring (bicyclic) bond motifs is 2. The van der Waals surface area contributed by atoms with E-state index in [4.69, 9.17) is 9.47 Å². The topological polar surface area (TPSA) is 105 Å². The van der Waals surface area contributed by atoms with Crippen LogP contribution in [0.15, 0.2) is 97.7 Å². The third-order valence-electron chi connectivity index (χ3n) is 8.58. The third-order valence-corrected chi connectivity index (χ3v) is 8.58. The average molecular weight is 626 g/mol. The van der Waals surface area contributed by atoms with Gasteiger partial charge in [-0.2, -0.15) is 5.10 Å². The number of nitrogens with one attached hydrogen (secondary N) is 2. The summed E-state index contributed by atoms with van der Waals surface area (Å²) in [7, 11) is 0. The number of benzene rings is 2. The predicted molar refractivity (Wildman–Crippen MR) is 180 cm³/mol. The van der Waals surface area contributed by atoms with Crippen molar-refractivity contribution in [3.8, 4) is 45.1 Å². The lowest BCUT2D eigenvalue weighted by Gasteiger charge is -2.15. The molecule has 0 radical (unpaired) electrons. The van der Waals surface area contributed by atoms with Gasteiger partial charge in [0.15, 0.2) is 5.65 Å². The summed E-state index contributed by atoms with van der Waals surface area (Å²) in [5, 5.41) is 9.37. The van der Waals surface area contributed by atoms with E-state index < -0.39 is 0 Å². The molecule has 6 heterocycles. The van der Waals surface area contributed by atoms with Crippen molar-refractivity contribution in [2.24, 2.45) is 0 Å². The maximum atomic E-state index is 14.8. The molecular weight excluding hydrogens is 593 g/mol. The summed E-state index contributed by atoms with van der Waals surface area (Å²) in [6, 6.07) is 20.9. The van der Waals surface area contributed by atoms with E-state index in [9.17, 15) is 4.39 Å². The molecule has 1 saturated heterocycles. The Hall–Kier alpha value is -5.61. The molecule has 0 aliphatic carbocycles. The van der Waals surface area contributed by atoms with Crippen molar-refractivity contribution in [3.05, 3.63) is 109 Å². The molecule has 234 valence electrons. The van der Waals surface area contributed by atoms with E-state index in [-0.39, 0.29) is 5.82 Å². The van der Waals surface area contributed by atoms with Crippen LogP contribution in [-0.4, -0.2) is 61.3 Å².